The number of rotatable bonds is 9. The smallest absolute Gasteiger partial charge is 0.303 e. The molecule has 6 nitrogen and oxygen atoms in total. The number of carbonyl (C=O) groups excluding carboxylic acids is 1. The molecule has 24 heavy (non-hydrogen) atoms. The Balaban J connectivity index is 2.13. The molecule has 0 bridgehead atoms. The maximum absolute atomic E-state index is 11.0. The highest BCUT2D eigenvalue weighted by atomic mass is 16.6. The number of aromatic nitrogens is 1. The van der Waals surface area contributed by atoms with Crippen LogP contribution in [-0.2, 0) is 9.63 Å². The Kier molecular flexibility index (Phi) is 6.64. The zero-order valence-electron chi connectivity index (χ0n) is 13.1. The highest BCUT2D eigenvalue weighted by molar-refractivity contribution is 6.12. The number of benzene rings is 1. The van der Waals surface area contributed by atoms with Gasteiger partial charge in [-0.3, -0.25) is 14.6 Å². The molecule has 1 heterocycles. The molecule has 2 aromatic rings. The molecule has 0 atom stereocenters. The summed E-state index contributed by atoms with van der Waals surface area (Å²) < 4.78 is 0. The number of carboxylic acids is 1. The van der Waals surface area contributed by atoms with E-state index >= 15 is 0 Å². The van der Waals surface area contributed by atoms with Crippen molar-refractivity contribution >= 4 is 18.0 Å². The predicted molar refractivity (Wildman–Crippen MR) is 89.1 cm³/mol. The summed E-state index contributed by atoms with van der Waals surface area (Å²) in [7, 11) is 0. The molecular weight excluding hydrogens is 308 g/mol. The Bertz CT molecular complexity index is 714. The van der Waals surface area contributed by atoms with Gasteiger partial charge < -0.3 is 9.94 Å². The monoisotopic (exact) mass is 326 g/mol. The standard InChI is InChI=1S/C18H18N2O4/c21-13-14-5-3-6-15(11-14)18(16-7-4-9-19-12-16)20-24-10-2-1-8-17(22)23/h3-7,9,11-13H,1-2,8,10H2,(H,22,23)/b20-18+. The van der Waals surface area contributed by atoms with Gasteiger partial charge in [0.2, 0.25) is 0 Å². The second-order valence-electron chi connectivity index (χ2n) is 5.11. The van der Waals surface area contributed by atoms with Gasteiger partial charge in [-0.15, -0.1) is 0 Å². The second kappa shape index (κ2) is 9.19. The molecule has 0 saturated carbocycles. The summed E-state index contributed by atoms with van der Waals surface area (Å²) in [5.41, 5.74) is 2.64. The number of aldehydes is 1. The first-order chi connectivity index (χ1) is 11.7. The van der Waals surface area contributed by atoms with Crippen molar-refractivity contribution in [2.24, 2.45) is 5.16 Å². The van der Waals surface area contributed by atoms with Gasteiger partial charge in [0, 0.05) is 35.5 Å². The minimum Gasteiger partial charge on any atom is -0.481 e. The van der Waals surface area contributed by atoms with E-state index in [0.717, 1.165) is 17.4 Å². The number of hydrogen-bond donors (Lipinski definition) is 1. The largest absolute Gasteiger partial charge is 0.481 e. The van der Waals surface area contributed by atoms with E-state index in [1.54, 1.807) is 36.7 Å². The molecule has 0 saturated heterocycles. The molecule has 0 unspecified atom stereocenters. The first-order valence-corrected chi connectivity index (χ1v) is 7.58. The predicted octanol–water partition coefficient (Wildman–Crippen LogP) is 2.92. The maximum Gasteiger partial charge on any atom is 0.303 e. The van der Waals surface area contributed by atoms with Gasteiger partial charge in [0.05, 0.1) is 0 Å². The number of hydrogen-bond acceptors (Lipinski definition) is 5. The van der Waals surface area contributed by atoms with Gasteiger partial charge in [0.25, 0.3) is 0 Å². The summed E-state index contributed by atoms with van der Waals surface area (Å²) in [4.78, 5) is 30.9. The maximum atomic E-state index is 11.0. The average Bonchev–Trinajstić information content (AvgIpc) is 2.61. The van der Waals surface area contributed by atoms with Gasteiger partial charge >= 0.3 is 5.97 Å². The lowest BCUT2D eigenvalue weighted by Gasteiger charge is -2.07. The van der Waals surface area contributed by atoms with Crippen molar-refractivity contribution in [2.45, 2.75) is 19.3 Å². The van der Waals surface area contributed by atoms with E-state index in [1.165, 1.54) is 0 Å². The van der Waals surface area contributed by atoms with Gasteiger partial charge in [-0.1, -0.05) is 23.4 Å². The third-order valence-corrected chi connectivity index (χ3v) is 3.26. The van der Waals surface area contributed by atoms with E-state index in [4.69, 9.17) is 9.94 Å². The summed E-state index contributed by atoms with van der Waals surface area (Å²) in [5, 5.41) is 12.8. The molecule has 1 aromatic heterocycles. The van der Waals surface area contributed by atoms with E-state index in [2.05, 4.69) is 10.1 Å². The summed E-state index contributed by atoms with van der Waals surface area (Å²) in [6, 6.07) is 10.7. The zero-order chi connectivity index (χ0) is 17.2. The van der Waals surface area contributed by atoms with Gasteiger partial charge in [0.1, 0.15) is 18.6 Å². The molecule has 0 spiro atoms. The highest BCUT2D eigenvalue weighted by Gasteiger charge is 2.09. The van der Waals surface area contributed by atoms with E-state index in [1.807, 2.05) is 12.1 Å². The Labute approximate surface area is 139 Å². The van der Waals surface area contributed by atoms with Crippen LogP contribution in [0.25, 0.3) is 0 Å². The molecule has 0 amide bonds. The lowest BCUT2D eigenvalue weighted by Crippen LogP contribution is -2.06. The number of oxime groups is 1. The number of aliphatic carboxylic acids is 1. The molecule has 1 aromatic carbocycles. The number of pyridine rings is 1. The van der Waals surface area contributed by atoms with Crippen molar-refractivity contribution < 1.29 is 19.5 Å². The van der Waals surface area contributed by atoms with Crippen LogP contribution in [0.15, 0.2) is 53.9 Å². The molecular formula is C18H18N2O4. The molecule has 0 radical (unpaired) electrons. The van der Waals surface area contributed by atoms with Crippen LogP contribution in [0.5, 0.6) is 0 Å². The Hall–Kier alpha value is -3.02. The van der Waals surface area contributed by atoms with Crippen LogP contribution in [0.4, 0.5) is 0 Å². The summed E-state index contributed by atoms with van der Waals surface area (Å²) >= 11 is 0. The third-order valence-electron chi connectivity index (χ3n) is 3.26. The van der Waals surface area contributed by atoms with Crippen LogP contribution in [0, 0.1) is 0 Å². The van der Waals surface area contributed by atoms with E-state index < -0.39 is 5.97 Å². The molecule has 0 aliphatic carbocycles. The number of carbonyl (C=O) groups is 2. The molecule has 0 aliphatic rings. The van der Waals surface area contributed by atoms with Crippen LogP contribution in [0.1, 0.15) is 40.7 Å². The first-order valence-electron chi connectivity index (χ1n) is 7.58. The average molecular weight is 326 g/mol. The van der Waals surface area contributed by atoms with Gasteiger partial charge in [-0.2, -0.15) is 0 Å². The fourth-order valence-corrected chi connectivity index (χ4v) is 2.09. The van der Waals surface area contributed by atoms with Crippen LogP contribution in [0.3, 0.4) is 0 Å². The van der Waals surface area contributed by atoms with Crippen molar-refractivity contribution in [3.05, 3.63) is 65.5 Å². The highest BCUT2D eigenvalue weighted by Crippen LogP contribution is 2.12. The van der Waals surface area contributed by atoms with E-state index in [9.17, 15) is 9.59 Å². The summed E-state index contributed by atoms with van der Waals surface area (Å²) in [6.07, 6.45) is 5.36. The Morgan fingerprint density at radius 1 is 1.21 bits per heavy atom. The van der Waals surface area contributed by atoms with Crippen molar-refractivity contribution in [3.63, 3.8) is 0 Å². The molecule has 1 N–H and O–H groups in total. The molecule has 2 rings (SSSR count). The normalized spacial score (nSPS) is 11.1. The molecule has 0 aliphatic heterocycles. The van der Waals surface area contributed by atoms with Gasteiger partial charge in [-0.05, 0) is 31.0 Å². The topological polar surface area (TPSA) is 88.8 Å². The van der Waals surface area contributed by atoms with Crippen molar-refractivity contribution in [1.82, 2.24) is 4.98 Å². The second-order valence-corrected chi connectivity index (χ2v) is 5.11. The number of unbranched alkanes of at least 4 members (excludes halogenated alkanes) is 1. The number of carboxylic acid groups (broad SMARTS) is 1. The lowest BCUT2D eigenvalue weighted by molar-refractivity contribution is -0.137. The summed E-state index contributed by atoms with van der Waals surface area (Å²) in [5.74, 6) is -0.819. The van der Waals surface area contributed by atoms with Crippen LogP contribution in [-0.4, -0.2) is 34.7 Å². The fourth-order valence-electron chi connectivity index (χ4n) is 2.09. The lowest BCUT2D eigenvalue weighted by atomic mass is 10.0. The minimum absolute atomic E-state index is 0.115. The molecule has 6 heteroatoms. The van der Waals surface area contributed by atoms with E-state index in [0.29, 0.717) is 30.7 Å². The summed E-state index contributed by atoms with van der Waals surface area (Å²) in [6.45, 7) is 0.324. The Morgan fingerprint density at radius 3 is 2.75 bits per heavy atom. The minimum atomic E-state index is -0.819. The SMILES string of the molecule is O=Cc1cccc(/C(=N\OCCCCC(=O)O)c2cccnc2)c1. The zero-order valence-corrected chi connectivity index (χ0v) is 13.1. The third kappa shape index (κ3) is 5.31. The van der Waals surface area contributed by atoms with E-state index in [-0.39, 0.29) is 6.42 Å². The molecule has 0 fully saturated rings. The molecule has 124 valence electrons. The number of nitrogens with zero attached hydrogens (tertiary/aromatic N) is 2. The fraction of sp³-hybridized carbons (Fsp3) is 0.222. The van der Waals surface area contributed by atoms with Crippen LogP contribution in [0.2, 0.25) is 0 Å². The van der Waals surface area contributed by atoms with Crippen LogP contribution >= 0.6 is 0 Å². The quantitative estimate of drug-likeness (QED) is 0.331. The van der Waals surface area contributed by atoms with Gasteiger partial charge in [-0.25, -0.2) is 0 Å². The van der Waals surface area contributed by atoms with Crippen molar-refractivity contribution in [3.8, 4) is 0 Å². The van der Waals surface area contributed by atoms with Crippen LogP contribution < -0.4 is 0 Å². The Morgan fingerprint density at radius 2 is 2.04 bits per heavy atom. The van der Waals surface area contributed by atoms with Crippen molar-refractivity contribution in [1.29, 1.82) is 0 Å². The van der Waals surface area contributed by atoms with Gasteiger partial charge in [0.15, 0.2) is 0 Å². The van der Waals surface area contributed by atoms with Crippen molar-refractivity contribution in [2.75, 3.05) is 6.61 Å². The first kappa shape index (κ1) is 17.3.